The fourth-order valence-electron chi connectivity index (χ4n) is 4.72. The van der Waals surface area contributed by atoms with Crippen molar-refractivity contribution in [2.75, 3.05) is 30.3 Å². The van der Waals surface area contributed by atoms with Crippen LogP contribution in [0.3, 0.4) is 0 Å². The molecular formula is C24H21Cl2FN4O2S. The molecule has 1 amide bonds. The molecule has 10 heteroatoms. The van der Waals surface area contributed by atoms with Gasteiger partial charge in [-0.25, -0.2) is 9.18 Å². The number of nitrogens with zero attached hydrogens (tertiary/aromatic N) is 4. The van der Waals surface area contributed by atoms with Crippen LogP contribution in [-0.2, 0) is 11.3 Å². The molecule has 2 aliphatic rings. The van der Waals surface area contributed by atoms with Crippen LogP contribution in [0, 0.1) is 5.82 Å². The molecule has 0 saturated carbocycles. The van der Waals surface area contributed by atoms with E-state index in [-0.39, 0.29) is 22.7 Å². The largest absolute Gasteiger partial charge is 0.350 e. The molecule has 1 fully saturated rings. The van der Waals surface area contributed by atoms with E-state index in [0.717, 1.165) is 10.3 Å². The topological polar surface area (TPSA) is 58.4 Å². The van der Waals surface area contributed by atoms with Crippen molar-refractivity contribution in [2.45, 2.75) is 24.4 Å². The Morgan fingerprint density at radius 3 is 2.79 bits per heavy atom. The molecule has 0 aliphatic carbocycles. The normalized spacial score (nSPS) is 17.8. The van der Waals surface area contributed by atoms with Gasteiger partial charge in [0.2, 0.25) is 5.91 Å². The molecule has 6 nitrogen and oxygen atoms in total. The Labute approximate surface area is 210 Å². The van der Waals surface area contributed by atoms with Crippen molar-refractivity contribution in [2.24, 2.45) is 0 Å². The Balaban J connectivity index is 1.72. The van der Waals surface area contributed by atoms with E-state index in [1.807, 2.05) is 11.8 Å². The Bertz CT molecular complexity index is 1410. The van der Waals surface area contributed by atoms with Crippen molar-refractivity contribution in [1.29, 1.82) is 0 Å². The minimum atomic E-state index is -0.548. The number of halogens is 3. The van der Waals surface area contributed by atoms with Crippen LogP contribution in [0.2, 0.25) is 10.0 Å². The summed E-state index contributed by atoms with van der Waals surface area (Å²) in [6.07, 6.45) is 1.31. The zero-order valence-electron chi connectivity index (χ0n) is 18.4. The fraction of sp³-hybridized carbons (Fsp3) is 0.292. The number of aromatic nitrogens is 2. The van der Waals surface area contributed by atoms with Crippen LogP contribution < -0.4 is 10.6 Å². The number of carbonyl (C=O) groups excluding carboxylic acids is 1. The summed E-state index contributed by atoms with van der Waals surface area (Å²) in [4.78, 5) is 34.1. The highest BCUT2D eigenvalue weighted by Gasteiger charge is 2.31. The molecular weight excluding hydrogens is 498 g/mol. The molecule has 0 bridgehead atoms. The van der Waals surface area contributed by atoms with E-state index in [0.29, 0.717) is 59.4 Å². The van der Waals surface area contributed by atoms with Gasteiger partial charge in [-0.15, -0.1) is 11.8 Å². The molecule has 3 aromatic rings. The number of carbonyl (C=O) groups is 1. The monoisotopic (exact) mass is 518 g/mol. The highest BCUT2D eigenvalue weighted by molar-refractivity contribution is 7.99. The molecule has 2 aliphatic heterocycles. The van der Waals surface area contributed by atoms with Crippen molar-refractivity contribution in [3.8, 4) is 11.1 Å². The van der Waals surface area contributed by atoms with Gasteiger partial charge in [0.1, 0.15) is 11.6 Å². The second kappa shape index (κ2) is 8.91. The highest BCUT2D eigenvalue weighted by atomic mass is 35.5. The second-order valence-electron chi connectivity index (χ2n) is 8.31. The lowest BCUT2D eigenvalue weighted by Crippen LogP contribution is -2.54. The van der Waals surface area contributed by atoms with E-state index >= 15 is 4.39 Å². The minimum Gasteiger partial charge on any atom is -0.350 e. The summed E-state index contributed by atoms with van der Waals surface area (Å²) in [5.41, 5.74) is 1.16. The summed E-state index contributed by atoms with van der Waals surface area (Å²) >= 11 is 14.4. The number of rotatable bonds is 3. The Morgan fingerprint density at radius 1 is 1.26 bits per heavy atom. The first-order valence-corrected chi connectivity index (χ1v) is 12.6. The van der Waals surface area contributed by atoms with Gasteiger partial charge in [-0.3, -0.25) is 9.36 Å². The average Bonchev–Trinajstić information content (AvgIpc) is 2.83. The standard InChI is InChI=1S/C24H21Cl2FN4O2S/c1-3-18(32)29-7-8-30(13(2)12-29)23-15-11-17(26)19(14-5-4-6-16(25)20(14)27)22-21(15)31(9-10-34-22)24(33)28-23/h3-6,11,13H,1,7-10,12H2,2H3. The first-order valence-electron chi connectivity index (χ1n) is 10.8. The predicted octanol–water partition coefficient (Wildman–Crippen LogP) is 4.84. The van der Waals surface area contributed by atoms with Crippen LogP contribution in [0.5, 0.6) is 0 Å². The molecule has 2 aromatic carbocycles. The molecule has 1 unspecified atom stereocenters. The smallest absolute Gasteiger partial charge is 0.350 e. The van der Waals surface area contributed by atoms with Crippen molar-refractivity contribution in [3.05, 3.63) is 63.3 Å². The Morgan fingerprint density at radius 2 is 2.06 bits per heavy atom. The number of amides is 1. The number of aryl methyl sites for hydroxylation is 1. The second-order valence-corrected chi connectivity index (χ2v) is 10.2. The molecule has 1 aromatic heterocycles. The van der Waals surface area contributed by atoms with Gasteiger partial charge in [-0.05, 0) is 25.1 Å². The van der Waals surface area contributed by atoms with Crippen LogP contribution in [0.4, 0.5) is 10.2 Å². The lowest BCUT2D eigenvalue weighted by Gasteiger charge is -2.40. The Kier molecular flexibility index (Phi) is 6.08. The van der Waals surface area contributed by atoms with Crippen LogP contribution in [0.15, 0.2) is 46.6 Å². The Hall–Kier alpha value is -2.55. The van der Waals surface area contributed by atoms with Crippen molar-refractivity contribution >= 4 is 57.6 Å². The molecule has 5 rings (SSSR count). The molecule has 1 atom stereocenters. The minimum absolute atomic E-state index is 0.00949. The number of thioether (sulfide) groups is 1. The molecule has 0 spiro atoms. The summed E-state index contributed by atoms with van der Waals surface area (Å²) in [5.74, 6) is 0.493. The maximum absolute atomic E-state index is 15.0. The third-order valence-electron chi connectivity index (χ3n) is 6.32. The summed E-state index contributed by atoms with van der Waals surface area (Å²) in [7, 11) is 0. The van der Waals surface area contributed by atoms with Crippen LogP contribution >= 0.6 is 35.0 Å². The van der Waals surface area contributed by atoms with Gasteiger partial charge in [0, 0.05) is 59.4 Å². The van der Waals surface area contributed by atoms with E-state index in [1.165, 1.54) is 23.9 Å². The molecule has 34 heavy (non-hydrogen) atoms. The third-order valence-corrected chi connectivity index (χ3v) is 7.98. The molecule has 0 N–H and O–H groups in total. The van der Waals surface area contributed by atoms with Gasteiger partial charge in [-0.1, -0.05) is 41.9 Å². The van der Waals surface area contributed by atoms with E-state index < -0.39 is 5.82 Å². The zero-order chi connectivity index (χ0) is 24.1. The first kappa shape index (κ1) is 23.2. The van der Waals surface area contributed by atoms with Crippen LogP contribution in [0.25, 0.3) is 22.0 Å². The number of anilines is 1. The molecule has 1 saturated heterocycles. The number of benzene rings is 2. The zero-order valence-corrected chi connectivity index (χ0v) is 20.7. The van der Waals surface area contributed by atoms with E-state index in [9.17, 15) is 9.59 Å². The van der Waals surface area contributed by atoms with Gasteiger partial charge in [0.15, 0.2) is 0 Å². The summed E-state index contributed by atoms with van der Waals surface area (Å²) in [6.45, 7) is 7.53. The quantitative estimate of drug-likeness (QED) is 0.464. The van der Waals surface area contributed by atoms with E-state index in [4.69, 9.17) is 23.2 Å². The lowest BCUT2D eigenvalue weighted by atomic mass is 10.0. The molecule has 3 heterocycles. The van der Waals surface area contributed by atoms with Gasteiger partial charge < -0.3 is 9.80 Å². The van der Waals surface area contributed by atoms with Gasteiger partial charge >= 0.3 is 5.69 Å². The molecule has 176 valence electrons. The van der Waals surface area contributed by atoms with E-state index in [1.54, 1.807) is 27.7 Å². The van der Waals surface area contributed by atoms with Crippen LogP contribution in [0.1, 0.15) is 6.92 Å². The van der Waals surface area contributed by atoms with Crippen molar-refractivity contribution in [1.82, 2.24) is 14.5 Å². The molecule has 0 radical (unpaired) electrons. The van der Waals surface area contributed by atoms with Crippen molar-refractivity contribution < 1.29 is 9.18 Å². The number of hydrogen-bond donors (Lipinski definition) is 0. The van der Waals surface area contributed by atoms with Gasteiger partial charge in [0.25, 0.3) is 0 Å². The summed E-state index contributed by atoms with van der Waals surface area (Å²) in [5, 5.41) is 1.10. The van der Waals surface area contributed by atoms with Crippen LogP contribution in [-0.4, -0.2) is 51.8 Å². The SMILES string of the molecule is C=CC(=O)N1CCN(c2nc(=O)n3c4c(c(-c5cccc(Cl)c5F)c(Cl)cc24)SCC3)C(C)C1. The fourth-order valence-corrected chi connectivity index (χ4v) is 6.45. The summed E-state index contributed by atoms with van der Waals surface area (Å²) < 4.78 is 16.6. The first-order chi connectivity index (χ1) is 16.3. The number of piperazine rings is 1. The predicted molar refractivity (Wildman–Crippen MR) is 136 cm³/mol. The van der Waals surface area contributed by atoms with Gasteiger partial charge in [-0.2, -0.15) is 4.98 Å². The van der Waals surface area contributed by atoms with E-state index in [2.05, 4.69) is 11.6 Å². The third kappa shape index (κ3) is 3.68. The number of hydrogen-bond acceptors (Lipinski definition) is 5. The average molecular weight is 519 g/mol. The summed E-state index contributed by atoms with van der Waals surface area (Å²) in [6, 6.07) is 6.49. The van der Waals surface area contributed by atoms with Gasteiger partial charge in [0.05, 0.1) is 15.6 Å². The van der Waals surface area contributed by atoms with Crippen molar-refractivity contribution in [3.63, 3.8) is 0 Å². The highest BCUT2D eigenvalue weighted by Crippen LogP contribution is 2.46. The maximum atomic E-state index is 15.0. The maximum Gasteiger partial charge on any atom is 0.350 e. The lowest BCUT2D eigenvalue weighted by molar-refractivity contribution is -0.126.